The standard InChI is InChI=1S/C16H19NO6/c1-9-12-3-2-10(19)6-14(12)23-16(22)13(9)4-5-15(21)17-7-11(20)8-18/h2-3,6,11,18-20H,4-5,7-8H2,1H3,(H,17,21)/t11-/m0/s1. The molecule has 1 heterocycles. The first kappa shape index (κ1) is 17.0. The van der Waals surface area contributed by atoms with Gasteiger partial charge in [0, 0.05) is 30.0 Å². The monoisotopic (exact) mass is 321 g/mol. The number of phenols is 1. The van der Waals surface area contributed by atoms with Crippen LogP contribution in [0.4, 0.5) is 0 Å². The number of amides is 1. The number of nitrogens with one attached hydrogen (secondary N) is 1. The fourth-order valence-corrected chi connectivity index (χ4v) is 2.30. The third-order valence-corrected chi connectivity index (χ3v) is 3.62. The second kappa shape index (κ2) is 7.26. The molecule has 0 unspecified atom stereocenters. The van der Waals surface area contributed by atoms with E-state index in [1.165, 1.54) is 12.1 Å². The van der Waals surface area contributed by atoms with Crippen LogP contribution in [-0.4, -0.2) is 40.5 Å². The van der Waals surface area contributed by atoms with Crippen LogP contribution in [0.25, 0.3) is 11.0 Å². The molecule has 124 valence electrons. The molecule has 1 aromatic carbocycles. The lowest BCUT2D eigenvalue weighted by Crippen LogP contribution is -2.34. The highest BCUT2D eigenvalue weighted by Crippen LogP contribution is 2.23. The number of aromatic hydroxyl groups is 1. The van der Waals surface area contributed by atoms with Crippen LogP contribution in [0.2, 0.25) is 0 Å². The minimum absolute atomic E-state index is 0.00891. The van der Waals surface area contributed by atoms with Crippen LogP contribution in [0, 0.1) is 6.92 Å². The highest BCUT2D eigenvalue weighted by Gasteiger charge is 2.14. The van der Waals surface area contributed by atoms with Gasteiger partial charge in [0.05, 0.1) is 12.7 Å². The summed E-state index contributed by atoms with van der Waals surface area (Å²) in [7, 11) is 0. The van der Waals surface area contributed by atoms with E-state index in [2.05, 4.69) is 5.32 Å². The first-order valence-corrected chi connectivity index (χ1v) is 7.23. The summed E-state index contributed by atoms with van der Waals surface area (Å²) in [5.41, 5.74) is 0.871. The zero-order chi connectivity index (χ0) is 17.0. The molecule has 7 nitrogen and oxygen atoms in total. The van der Waals surface area contributed by atoms with Crippen LogP contribution in [0.5, 0.6) is 5.75 Å². The van der Waals surface area contributed by atoms with Gasteiger partial charge in [-0.3, -0.25) is 4.79 Å². The maximum Gasteiger partial charge on any atom is 0.339 e. The van der Waals surface area contributed by atoms with Gasteiger partial charge in [-0.25, -0.2) is 4.79 Å². The van der Waals surface area contributed by atoms with Crippen molar-refractivity contribution in [3.05, 3.63) is 39.7 Å². The fraction of sp³-hybridized carbons (Fsp3) is 0.375. The van der Waals surface area contributed by atoms with Crippen molar-refractivity contribution in [3.63, 3.8) is 0 Å². The number of rotatable bonds is 6. The van der Waals surface area contributed by atoms with E-state index in [0.29, 0.717) is 22.1 Å². The molecule has 2 rings (SSSR count). The van der Waals surface area contributed by atoms with Gasteiger partial charge >= 0.3 is 5.63 Å². The van der Waals surface area contributed by atoms with Gasteiger partial charge in [0.25, 0.3) is 0 Å². The Bertz CT molecular complexity index is 767. The molecule has 0 aliphatic carbocycles. The van der Waals surface area contributed by atoms with E-state index in [1.807, 2.05) is 0 Å². The van der Waals surface area contributed by atoms with Crippen molar-refractivity contribution < 1.29 is 24.5 Å². The summed E-state index contributed by atoms with van der Waals surface area (Å²) in [5, 5.41) is 30.4. The van der Waals surface area contributed by atoms with Gasteiger partial charge < -0.3 is 25.1 Å². The second-order valence-electron chi connectivity index (χ2n) is 5.31. The highest BCUT2D eigenvalue weighted by atomic mass is 16.4. The fourth-order valence-electron chi connectivity index (χ4n) is 2.30. The molecule has 0 saturated carbocycles. The van der Waals surface area contributed by atoms with E-state index in [-0.39, 0.29) is 31.0 Å². The third kappa shape index (κ3) is 4.08. The average molecular weight is 321 g/mol. The maximum atomic E-state index is 12.0. The third-order valence-electron chi connectivity index (χ3n) is 3.62. The molecule has 0 fully saturated rings. The van der Waals surface area contributed by atoms with E-state index < -0.39 is 18.3 Å². The SMILES string of the molecule is Cc1c(CCC(=O)NC[C@H](O)CO)c(=O)oc2cc(O)ccc12. The Hall–Kier alpha value is -2.38. The smallest absolute Gasteiger partial charge is 0.339 e. The summed E-state index contributed by atoms with van der Waals surface area (Å²) in [5.74, 6) is -0.322. The van der Waals surface area contributed by atoms with Crippen LogP contribution in [0.3, 0.4) is 0 Å². The number of aryl methyl sites for hydroxylation is 1. The van der Waals surface area contributed by atoms with E-state index >= 15 is 0 Å². The first-order chi connectivity index (χ1) is 10.9. The summed E-state index contributed by atoms with van der Waals surface area (Å²) in [6, 6.07) is 4.53. The summed E-state index contributed by atoms with van der Waals surface area (Å²) < 4.78 is 5.18. The van der Waals surface area contributed by atoms with Gasteiger partial charge in [-0.05, 0) is 31.0 Å². The Kier molecular flexibility index (Phi) is 5.36. The minimum Gasteiger partial charge on any atom is -0.508 e. The van der Waals surface area contributed by atoms with Crippen molar-refractivity contribution in [2.45, 2.75) is 25.9 Å². The molecule has 0 aliphatic rings. The zero-order valence-electron chi connectivity index (χ0n) is 12.7. The normalized spacial score (nSPS) is 12.3. The van der Waals surface area contributed by atoms with Crippen molar-refractivity contribution in [3.8, 4) is 5.75 Å². The minimum atomic E-state index is -1.00. The van der Waals surface area contributed by atoms with Gasteiger partial charge in [-0.15, -0.1) is 0 Å². The average Bonchev–Trinajstić information content (AvgIpc) is 2.51. The molecule has 1 atom stereocenters. The Labute approximate surface area is 132 Å². The van der Waals surface area contributed by atoms with Crippen LogP contribution in [-0.2, 0) is 11.2 Å². The number of aliphatic hydroxyl groups is 2. The van der Waals surface area contributed by atoms with Gasteiger partial charge in [0.1, 0.15) is 11.3 Å². The van der Waals surface area contributed by atoms with Crippen LogP contribution in [0.15, 0.2) is 27.4 Å². The number of aliphatic hydroxyl groups excluding tert-OH is 2. The molecule has 0 bridgehead atoms. The van der Waals surface area contributed by atoms with Crippen molar-refractivity contribution in [1.82, 2.24) is 5.32 Å². The molecule has 0 spiro atoms. The molecular formula is C16H19NO6. The molecular weight excluding hydrogens is 302 g/mol. The topological polar surface area (TPSA) is 120 Å². The van der Waals surface area contributed by atoms with Crippen LogP contribution in [0.1, 0.15) is 17.5 Å². The molecule has 1 aromatic heterocycles. The Morgan fingerprint density at radius 1 is 1.39 bits per heavy atom. The van der Waals surface area contributed by atoms with Gasteiger partial charge in [0.2, 0.25) is 5.91 Å². The Balaban J connectivity index is 2.13. The summed E-state index contributed by atoms with van der Waals surface area (Å²) in [6.07, 6.45) is -0.738. The van der Waals surface area contributed by atoms with Crippen molar-refractivity contribution >= 4 is 16.9 Å². The van der Waals surface area contributed by atoms with Crippen molar-refractivity contribution in [1.29, 1.82) is 0 Å². The lowest BCUT2D eigenvalue weighted by atomic mass is 10.0. The quantitative estimate of drug-likeness (QED) is 0.565. The number of hydrogen-bond acceptors (Lipinski definition) is 6. The number of hydrogen-bond donors (Lipinski definition) is 4. The van der Waals surface area contributed by atoms with E-state index in [9.17, 15) is 19.8 Å². The number of carbonyl (C=O) groups is 1. The number of fused-ring (bicyclic) bond motifs is 1. The number of carbonyl (C=O) groups excluding carboxylic acids is 1. The van der Waals surface area contributed by atoms with Gasteiger partial charge in [0.15, 0.2) is 0 Å². The molecule has 2 aromatic rings. The lowest BCUT2D eigenvalue weighted by molar-refractivity contribution is -0.121. The van der Waals surface area contributed by atoms with Crippen molar-refractivity contribution in [2.24, 2.45) is 0 Å². The largest absolute Gasteiger partial charge is 0.508 e. The van der Waals surface area contributed by atoms with E-state index in [4.69, 9.17) is 9.52 Å². The Morgan fingerprint density at radius 3 is 2.83 bits per heavy atom. The van der Waals surface area contributed by atoms with E-state index in [0.717, 1.165) is 0 Å². The maximum absolute atomic E-state index is 12.0. The molecule has 0 saturated heterocycles. The lowest BCUT2D eigenvalue weighted by Gasteiger charge is -2.10. The predicted octanol–water partition coefficient (Wildman–Crippen LogP) is 0.209. The first-order valence-electron chi connectivity index (χ1n) is 7.23. The predicted molar refractivity (Wildman–Crippen MR) is 83.3 cm³/mol. The molecule has 1 amide bonds. The van der Waals surface area contributed by atoms with Crippen LogP contribution < -0.4 is 10.9 Å². The second-order valence-corrected chi connectivity index (χ2v) is 5.31. The molecule has 0 aliphatic heterocycles. The molecule has 0 radical (unpaired) electrons. The Morgan fingerprint density at radius 2 is 2.13 bits per heavy atom. The molecule has 4 N–H and O–H groups in total. The van der Waals surface area contributed by atoms with Crippen molar-refractivity contribution in [2.75, 3.05) is 13.2 Å². The van der Waals surface area contributed by atoms with Gasteiger partial charge in [-0.1, -0.05) is 0 Å². The summed E-state index contributed by atoms with van der Waals surface area (Å²) >= 11 is 0. The van der Waals surface area contributed by atoms with Crippen LogP contribution >= 0.6 is 0 Å². The highest BCUT2D eigenvalue weighted by molar-refractivity contribution is 5.82. The molecule has 23 heavy (non-hydrogen) atoms. The number of benzene rings is 1. The molecule has 7 heteroatoms. The summed E-state index contributed by atoms with van der Waals surface area (Å²) in [6.45, 7) is 1.29. The zero-order valence-corrected chi connectivity index (χ0v) is 12.7. The summed E-state index contributed by atoms with van der Waals surface area (Å²) in [4.78, 5) is 23.7. The van der Waals surface area contributed by atoms with E-state index in [1.54, 1.807) is 13.0 Å². The number of phenolic OH excluding ortho intramolecular Hbond substituents is 1. The van der Waals surface area contributed by atoms with Gasteiger partial charge in [-0.2, -0.15) is 0 Å².